The Morgan fingerprint density at radius 3 is 1.45 bits per heavy atom. The van der Waals surface area contributed by atoms with Gasteiger partial charge in [-0.25, -0.2) is 4.85 Å². The molecule has 4 heteroatoms. The molecule has 0 atom stereocenters. The van der Waals surface area contributed by atoms with Gasteiger partial charge >= 0.3 is 0 Å². The van der Waals surface area contributed by atoms with Crippen molar-refractivity contribution in [1.29, 1.82) is 5.26 Å². The highest BCUT2D eigenvalue weighted by Crippen LogP contribution is 2.41. The molecule has 0 saturated heterocycles. The Labute approximate surface area is 325 Å². The van der Waals surface area contributed by atoms with E-state index in [9.17, 15) is 5.26 Å². The van der Waals surface area contributed by atoms with Crippen LogP contribution in [0, 0.1) is 31.8 Å². The molecule has 0 amide bonds. The van der Waals surface area contributed by atoms with Gasteiger partial charge in [0, 0.05) is 32.9 Å². The molecule has 0 fully saturated rings. The molecule has 0 aliphatic rings. The third-order valence-corrected chi connectivity index (χ3v) is 11.1. The van der Waals surface area contributed by atoms with Gasteiger partial charge < -0.3 is 9.13 Å². The molecule has 0 aliphatic heterocycles. The Morgan fingerprint density at radius 1 is 0.446 bits per heavy atom. The van der Waals surface area contributed by atoms with Gasteiger partial charge in [-0.3, -0.25) is 0 Å². The smallest absolute Gasteiger partial charge is 0.195 e. The summed E-state index contributed by atoms with van der Waals surface area (Å²) in [7, 11) is 0. The Hall–Kier alpha value is -7.66. The number of fused-ring (bicyclic) bond motifs is 6. The maximum Gasteiger partial charge on any atom is 0.195 e. The van der Waals surface area contributed by atoms with Crippen molar-refractivity contribution < 1.29 is 0 Å². The van der Waals surface area contributed by atoms with Crippen LogP contribution < -0.4 is 0 Å². The monoisotopic (exact) mass is 714 g/mol. The summed E-state index contributed by atoms with van der Waals surface area (Å²) in [5.74, 6) is 0. The molecular weight excluding hydrogens is 681 g/mol. The number of rotatable bonds is 5. The van der Waals surface area contributed by atoms with Gasteiger partial charge in [0.05, 0.1) is 40.3 Å². The Morgan fingerprint density at radius 2 is 0.929 bits per heavy atom. The Bertz CT molecular complexity index is 3080. The number of para-hydroxylation sites is 2. The minimum atomic E-state index is 0.493. The standard InChI is InChI=1S/C52H34N4/c1-33-10-8-12-35(26-33)37-19-23-44-42-14-4-6-16-49(42)55(51(44)28-37)40-21-18-39(32-53)46(30-40)47-31-41(22-25-48(47)54-3)56-50-17-7-5-15-43(50)45-24-20-38(29-52(45)56)36-13-9-11-34(2)27-36/h4-31H,1-2H3. The highest BCUT2D eigenvalue weighted by molar-refractivity contribution is 6.11. The van der Waals surface area contributed by atoms with E-state index in [0.29, 0.717) is 11.3 Å². The van der Waals surface area contributed by atoms with Gasteiger partial charge in [0.2, 0.25) is 0 Å². The molecule has 0 spiro atoms. The summed E-state index contributed by atoms with van der Waals surface area (Å²) in [6.07, 6.45) is 0. The second-order valence-corrected chi connectivity index (χ2v) is 14.6. The zero-order chi connectivity index (χ0) is 37.9. The van der Waals surface area contributed by atoms with Crippen molar-refractivity contribution in [1.82, 2.24) is 9.13 Å². The van der Waals surface area contributed by atoms with Gasteiger partial charge in [0.15, 0.2) is 5.69 Å². The second kappa shape index (κ2) is 13.0. The number of hydrogen-bond acceptors (Lipinski definition) is 1. The van der Waals surface area contributed by atoms with Gasteiger partial charge in [-0.1, -0.05) is 126 Å². The quantitative estimate of drug-likeness (QED) is 0.164. The maximum atomic E-state index is 10.5. The lowest BCUT2D eigenvalue weighted by atomic mass is 9.97. The molecule has 4 nitrogen and oxygen atoms in total. The van der Waals surface area contributed by atoms with E-state index in [1.807, 2.05) is 24.3 Å². The third kappa shape index (κ3) is 5.28. The summed E-state index contributed by atoms with van der Waals surface area (Å²) >= 11 is 0. The van der Waals surface area contributed by atoms with Crippen LogP contribution in [0.5, 0.6) is 0 Å². The van der Waals surface area contributed by atoms with Crippen molar-refractivity contribution >= 4 is 49.3 Å². The van der Waals surface area contributed by atoms with E-state index in [2.05, 4.69) is 179 Å². The number of aromatic nitrogens is 2. The molecule has 10 rings (SSSR count). The highest BCUT2D eigenvalue weighted by Gasteiger charge is 2.19. The molecule has 0 unspecified atom stereocenters. The summed E-state index contributed by atoms with van der Waals surface area (Å²) in [5, 5.41) is 15.2. The number of nitrogens with zero attached hydrogens (tertiary/aromatic N) is 4. The first-order chi connectivity index (χ1) is 27.5. The summed E-state index contributed by atoms with van der Waals surface area (Å²) in [6.45, 7) is 12.5. The van der Waals surface area contributed by atoms with Crippen LogP contribution in [0.25, 0.3) is 93.2 Å². The summed E-state index contributed by atoms with van der Waals surface area (Å²) in [6, 6.07) is 61.9. The van der Waals surface area contributed by atoms with Gasteiger partial charge in [-0.15, -0.1) is 0 Å². The predicted octanol–water partition coefficient (Wildman–Crippen LogP) is 13.9. The molecule has 0 radical (unpaired) electrons. The molecule has 2 heterocycles. The first-order valence-electron chi connectivity index (χ1n) is 18.8. The molecule has 0 bridgehead atoms. The van der Waals surface area contributed by atoms with Crippen LogP contribution in [0.2, 0.25) is 0 Å². The van der Waals surface area contributed by atoms with E-state index in [0.717, 1.165) is 77.2 Å². The zero-order valence-corrected chi connectivity index (χ0v) is 31.0. The molecule has 56 heavy (non-hydrogen) atoms. The van der Waals surface area contributed by atoms with E-state index < -0.39 is 0 Å². The summed E-state index contributed by atoms with van der Waals surface area (Å²) < 4.78 is 4.58. The maximum absolute atomic E-state index is 10.5. The van der Waals surface area contributed by atoms with Crippen LogP contribution in [0.4, 0.5) is 5.69 Å². The van der Waals surface area contributed by atoms with Crippen molar-refractivity contribution in [2.75, 3.05) is 0 Å². The number of nitriles is 1. The van der Waals surface area contributed by atoms with Gasteiger partial charge in [-0.2, -0.15) is 5.26 Å². The van der Waals surface area contributed by atoms with Crippen LogP contribution in [0.3, 0.4) is 0 Å². The third-order valence-electron chi connectivity index (χ3n) is 11.1. The van der Waals surface area contributed by atoms with Crippen LogP contribution in [0.1, 0.15) is 16.7 Å². The lowest BCUT2D eigenvalue weighted by Crippen LogP contribution is -1.98. The molecule has 2 aromatic heterocycles. The summed E-state index contributed by atoms with van der Waals surface area (Å²) in [4.78, 5) is 4.00. The fourth-order valence-electron chi connectivity index (χ4n) is 8.47. The van der Waals surface area contributed by atoms with E-state index in [-0.39, 0.29) is 0 Å². The molecule has 8 aromatic carbocycles. The van der Waals surface area contributed by atoms with Crippen molar-refractivity contribution in [2.24, 2.45) is 0 Å². The first kappa shape index (κ1) is 32.9. The molecular formula is C52H34N4. The lowest BCUT2D eigenvalue weighted by molar-refractivity contribution is 1.17. The van der Waals surface area contributed by atoms with E-state index >= 15 is 0 Å². The van der Waals surface area contributed by atoms with Crippen molar-refractivity contribution in [3.8, 4) is 50.8 Å². The predicted molar refractivity (Wildman–Crippen MR) is 232 cm³/mol. The minimum Gasteiger partial charge on any atom is -0.309 e. The molecule has 0 N–H and O–H groups in total. The van der Waals surface area contributed by atoms with Crippen LogP contribution in [0.15, 0.2) is 170 Å². The largest absolute Gasteiger partial charge is 0.309 e. The van der Waals surface area contributed by atoms with Crippen LogP contribution in [-0.2, 0) is 0 Å². The number of benzene rings is 8. The fraction of sp³-hybridized carbons (Fsp3) is 0.0385. The molecule has 0 aliphatic carbocycles. The van der Waals surface area contributed by atoms with Gasteiger partial charge in [0.25, 0.3) is 0 Å². The summed E-state index contributed by atoms with van der Waals surface area (Å²) in [5.41, 5.74) is 15.6. The fourth-order valence-corrected chi connectivity index (χ4v) is 8.47. The van der Waals surface area contributed by atoms with Crippen LogP contribution >= 0.6 is 0 Å². The minimum absolute atomic E-state index is 0.493. The molecule has 10 aromatic rings. The van der Waals surface area contributed by atoms with Crippen molar-refractivity contribution in [3.63, 3.8) is 0 Å². The highest BCUT2D eigenvalue weighted by atomic mass is 15.0. The van der Waals surface area contributed by atoms with E-state index in [1.54, 1.807) is 0 Å². The van der Waals surface area contributed by atoms with Crippen molar-refractivity contribution in [2.45, 2.75) is 13.8 Å². The molecule has 262 valence electrons. The normalized spacial score (nSPS) is 11.4. The zero-order valence-electron chi connectivity index (χ0n) is 31.0. The number of hydrogen-bond donors (Lipinski definition) is 0. The Kier molecular flexibility index (Phi) is 7.66. The van der Waals surface area contributed by atoms with Crippen molar-refractivity contribution in [3.05, 3.63) is 198 Å². The van der Waals surface area contributed by atoms with E-state index in [4.69, 9.17) is 6.57 Å². The lowest BCUT2D eigenvalue weighted by Gasteiger charge is -2.15. The first-order valence-corrected chi connectivity index (χ1v) is 18.8. The van der Waals surface area contributed by atoms with Gasteiger partial charge in [0.1, 0.15) is 0 Å². The van der Waals surface area contributed by atoms with Gasteiger partial charge in [-0.05, 0) is 102 Å². The van der Waals surface area contributed by atoms with E-state index in [1.165, 1.54) is 22.3 Å². The topological polar surface area (TPSA) is 38.0 Å². The SMILES string of the molecule is [C-]#[N+]c1ccc(-n2c3ccccc3c3ccc(-c4cccc(C)c4)cc32)cc1-c1cc(-n2c3ccccc3c3ccc(-c4cccc(C)c4)cc32)ccc1C#N. The molecule has 0 saturated carbocycles. The average Bonchev–Trinajstić information content (AvgIpc) is 3.75. The average molecular weight is 715 g/mol. The van der Waals surface area contributed by atoms with Crippen LogP contribution in [-0.4, -0.2) is 9.13 Å². The Balaban J connectivity index is 1.20. The second-order valence-electron chi connectivity index (χ2n) is 14.6. The number of aryl methyl sites for hydroxylation is 2.